The topological polar surface area (TPSA) is 30.5 Å². The van der Waals surface area contributed by atoms with Gasteiger partial charge in [-0.2, -0.15) is 0 Å². The third-order valence-corrected chi connectivity index (χ3v) is 3.07. The summed E-state index contributed by atoms with van der Waals surface area (Å²) in [4.78, 5) is 0. The van der Waals surface area contributed by atoms with Crippen molar-refractivity contribution in [2.24, 2.45) is 5.92 Å². The van der Waals surface area contributed by atoms with E-state index in [1.54, 1.807) is 0 Å². The van der Waals surface area contributed by atoms with E-state index in [0.29, 0.717) is 25.2 Å². The second kappa shape index (κ2) is 8.18. The van der Waals surface area contributed by atoms with Crippen molar-refractivity contribution in [2.45, 2.75) is 33.7 Å². The number of benzene rings is 1. The van der Waals surface area contributed by atoms with Gasteiger partial charge in [0, 0.05) is 12.6 Å². The zero-order valence-electron chi connectivity index (χ0n) is 12.8. The van der Waals surface area contributed by atoms with Crippen molar-refractivity contribution >= 4 is 0 Å². The Morgan fingerprint density at radius 1 is 1.16 bits per heavy atom. The highest BCUT2D eigenvalue weighted by Gasteiger charge is 2.06. The molecule has 3 nitrogen and oxygen atoms in total. The van der Waals surface area contributed by atoms with Gasteiger partial charge in [0.25, 0.3) is 0 Å². The molecule has 1 aromatic rings. The van der Waals surface area contributed by atoms with Gasteiger partial charge in [-0.15, -0.1) is 0 Å². The Morgan fingerprint density at radius 2 is 1.89 bits per heavy atom. The molecule has 0 aromatic heterocycles. The first kappa shape index (κ1) is 16.0. The van der Waals surface area contributed by atoms with E-state index in [9.17, 15) is 0 Å². The lowest BCUT2D eigenvalue weighted by molar-refractivity contribution is 0.0817. The van der Waals surface area contributed by atoms with Crippen LogP contribution in [0.1, 0.15) is 37.9 Å². The predicted molar refractivity (Wildman–Crippen MR) is 79.8 cm³/mol. The van der Waals surface area contributed by atoms with E-state index >= 15 is 0 Å². The van der Waals surface area contributed by atoms with Crippen LogP contribution in [0.5, 0.6) is 5.75 Å². The smallest absolute Gasteiger partial charge is 0.122 e. The van der Waals surface area contributed by atoms with Crippen molar-refractivity contribution in [2.75, 3.05) is 26.9 Å². The van der Waals surface area contributed by atoms with Crippen LogP contribution in [0.15, 0.2) is 18.2 Å². The van der Waals surface area contributed by atoms with E-state index in [1.165, 1.54) is 11.1 Å². The lowest BCUT2D eigenvalue weighted by Gasteiger charge is -2.14. The molecule has 0 saturated carbocycles. The Hall–Kier alpha value is -1.06. The van der Waals surface area contributed by atoms with Crippen molar-refractivity contribution in [1.82, 2.24) is 5.32 Å². The van der Waals surface area contributed by atoms with Crippen LogP contribution in [-0.2, 0) is 4.74 Å². The monoisotopic (exact) mass is 265 g/mol. The highest BCUT2D eigenvalue weighted by atomic mass is 16.5. The zero-order valence-corrected chi connectivity index (χ0v) is 12.8. The standard InChI is InChI=1S/C16H27NO2/c1-12(2)11-18-8-9-19-16-7-6-15(10-13(16)3)14(4)17-5/h6-7,10,12,14,17H,8-9,11H2,1-5H3. The lowest BCUT2D eigenvalue weighted by Crippen LogP contribution is -2.13. The number of nitrogens with one attached hydrogen (secondary N) is 1. The van der Waals surface area contributed by atoms with Crippen molar-refractivity contribution in [1.29, 1.82) is 0 Å². The van der Waals surface area contributed by atoms with Gasteiger partial charge in [-0.05, 0) is 44.0 Å². The number of hydrogen-bond donors (Lipinski definition) is 1. The fourth-order valence-electron chi connectivity index (χ4n) is 1.80. The lowest BCUT2D eigenvalue weighted by atomic mass is 10.1. The first-order valence-corrected chi connectivity index (χ1v) is 7.03. The third-order valence-electron chi connectivity index (χ3n) is 3.07. The fourth-order valence-corrected chi connectivity index (χ4v) is 1.80. The zero-order chi connectivity index (χ0) is 14.3. The molecule has 108 valence electrons. The summed E-state index contributed by atoms with van der Waals surface area (Å²) in [6.45, 7) is 10.6. The minimum Gasteiger partial charge on any atom is -0.491 e. The summed E-state index contributed by atoms with van der Waals surface area (Å²) >= 11 is 0. The molecule has 0 aliphatic carbocycles. The van der Waals surface area contributed by atoms with E-state index in [0.717, 1.165) is 12.4 Å². The van der Waals surface area contributed by atoms with Gasteiger partial charge in [-0.25, -0.2) is 0 Å². The molecule has 0 fully saturated rings. The molecule has 0 spiro atoms. The molecule has 1 rings (SSSR count). The van der Waals surface area contributed by atoms with Crippen LogP contribution >= 0.6 is 0 Å². The minimum absolute atomic E-state index is 0.363. The van der Waals surface area contributed by atoms with Gasteiger partial charge in [0.2, 0.25) is 0 Å². The highest BCUT2D eigenvalue weighted by Crippen LogP contribution is 2.22. The number of ether oxygens (including phenoxy) is 2. The quantitative estimate of drug-likeness (QED) is 0.731. The summed E-state index contributed by atoms with van der Waals surface area (Å²) in [5.74, 6) is 1.52. The normalized spacial score (nSPS) is 12.7. The summed E-state index contributed by atoms with van der Waals surface area (Å²) in [6.07, 6.45) is 0. The van der Waals surface area contributed by atoms with Crippen LogP contribution < -0.4 is 10.1 Å². The molecule has 3 heteroatoms. The maximum Gasteiger partial charge on any atom is 0.122 e. The van der Waals surface area contributed by atoms with E-state index in [1.807, 2.05) is 13.1 Å². The molecule has 1 unspecified atom stereocenters. The number of aryl methyl sites for hydroxylation is 1. The molecule has 19 heavy (non-hydrogen) atoms. The van der Waals surface area contributed by atoms with Gasteiger partial charge in [0.05, 0.1) is 6.61 Å². The molecule has 1 atom stereocenters. The van der Waals surface area contributed by atoms with E-state index in [2.05, 4.69) is 45.1 Å². The molecule has 0 amide bonds. The molecule has 1 aromatic carbocycles. The Balaban J connectivity index is 2.42. The van der Waals surface area contributed by atoms with Gasteiger partial charge in [0.1, 0.15) is 12.4 Å². The van der Waals surface area contributed by atoms with Crippen LogP contribution in [0.25, 0.3) is 0 Å². The molecule has 0 aliphatic heterocycles. The second-order valence-electron chi connectivity index (χ2n) is 5.35. The van der Waals surface area contributed by atoms with Gasteiger partial charge in [-0.1, -0.05) is 26.0 Å². The van der Waals surface area contributed by atoms with Crippen LogP contribution in [0, 0.1) is 12.8 Å². The van der Waals surface area contributed by atoms with Crippen LogP contribution in [0.4, 0.5) is 0 Å². The van der Waals surface area contributed by atoms with Crippen molar-refractivity contribution in [3.05, 3.63) is 29.3 Å². The molecule has 0 aliphatic rings. The van der Waals surface area contributed by atoms with Crippen LogP contribution in [0.2, 0.25) is 0 Å². The summed E-state index contributed by atoms with van der Waals surface area (Å²) in [7, 11) is 1.97. The van der Waals surface area contributed by atoms with Gasteiger partial charge >= 0.3 is 0 Å². The van der Waals surface area contributed by atoms with Gasteiger partial charge in [-0.3, -0.25) is 0 Å². The molecule has 1 N–H and O–H groups in total. The average Bonchev–Trinajstić information content (AvgIpc) is 2.38. The largest absolute Gasteiger partial charge is 0.491 e. The molecule has 0 bridgehead atoms. The van der Waals surface area contributed by atoms with E-state index in [4.69, 9.17) is 9.47 Å². The summed E-state index contributed by atoms with van der Waals surface area (Å²) in [5, 5.41) is 3.24. The maximum absolute atomic E-state index is 5.74. The summed E-state index contributed by atoms with van der Waals surface area (Å²) < 4.78 is 11.2. The van der Waals surface area contributed by atoms with Gasteiger partial charge < -0.3 is 14.8 Å². The summed E-state index contributed by atoms with van der Waals surface area (Å²) in [5.41, 5.74) is 2.45. The molecular weight excluding hydrogens is 238 g/mol. The van der Waals surface area contributed by atoms with Crippen LogP contribution in [0.3, 0.4) is 0 Å². The average molecular weight is 265 g/mol. The van der Waals surface area contributed by atoms with E-state index in [-0.39, 0.29) is 0 Å². The molecule has 0 radical (unpaired) electrons. The number of hydrogen-bond acceptors (Lipinski definition) is 3. The molecule has 0 saturated heterocycles. The van der Waals surface area contributed by atoms with E-state index < -0.39 is 0 Å². The second-order valence-corrected chi connectivity index (χ2v) is 5.35. The fraction of sp³-hybridized carbons (Fsp3) is 0.625. The predicted octanol–water partition coefficient (Wildman–Crippen LogP) is 3.33. The molecule has 0 heterocycles. The first-order valence-electron chi connectivity index (χ1n) is 7.03. The summed E-state index contributed by atoms with van der Waals surface area (Å²) in [6, 6.07) is 6.69. The first-order chi connectivity index (χ1) is 9.04. The van der Waals surface area contributed by atoms with Crippen molar-refractivity contribution < 1.29 is 9.47 Å². The third kappa shape index (κ3) is 5.62. The Bertz CT molecular complexity index is 377. The van der Waals surface area contributed by atoms with Crippen molar-refractivity contribution in [3.63, 3.8) is 0 Å². The Morgan fingerprint density at radius 3 is 2.47 bits per heavy atom. The SMILES string of the molecule is CNC(C)c1ccc(OCCOCC(C)C)c(C)c1. The molecular formula is C16H27NO2. The minimum atomic E-state index is 0.363. The van der Waals surface area contributed by atoms with Crippen molar-refractivity contribution in [3.8, 4) is 5.75 Å². The number of rotatable bonds is 8. The van der Waals surface area contributed by atoms with Crippen LogP contribution in [-0.4, -0.2) is 26.9 Å². The Labute approximate surface area is 117 Å². The Kier molecular flexibility index (Phi) is 6.89. The highest BCUT2D eigenvalue weighted by molar-refractivity contribution is 5.37. The maximum atomic E-state index is 5.74. The van der Waals surface area contributed by atoms with Gasteiger partial charge in [0.15, 0.2) is 0 Å².